The van der Waals surface area contributed by atoms with E-state index in [-0.39, 0.29) is 6.09 Å². The first-order valence-corrected chi connectivity index (χ1v) is 4.95. The van der Waals surface area contributed by atoms with Crippen LogP contribution < -0.4 is 5.32 Å². The molecule has 76 valence electrons. The van der Waals surface area contributed by atoms with Crippen molar-refractivity contribution in [2.45, 2.75) is 26.7 Å². The summed E-state index contributed by atoms with van der Waals surface area (Å²) in [7, 11) is 1.40. The highest BCUT2D eigenvalue weighted by molar-refractivity contribution is 5.66. The van der Waals surface area contributed by atoms with Crippen LogP contribution in [0, 0.1) is 17.8 Å². The minimum absolute atomic E-state index is 0.312. The quantitative estimate of drug-likeness (QED) is 0.730. The summed E-state index contributed by atoms with van der Waals surface area (Å²) in [6, 6.07) is 0. The van der Waals surface area contributed by atoms with Gasteiger partial charge in [-0.25, -0.2) is 4.79 Å². The highest BCUT2D eigenvalue weighted by Crippen LogP contribution is 2.38. The number of hydrogen-bond acceptors (Lipinski definition) is 2. The molecule has 0 aromatic carbocycles. The van der Waals surface area contributed by atoms with Gasteiger partial charge in [0.05, 0.1) is 7.11 Å². The van der Waals surface area contributed by atoms with Gasteiger partial charge in [0, 0.05) is 6.54 Å². The second-order valence-electron chi connectivity index (χ2n) is 4.21. The van der Waals surface area contributed by atoms with Gasteiger partial charge in [-0.2, -0.15) is 0 Å². The van der Waals surface area contributed by atoms with E-state index in [1.165, 1.54) is 20.0 Å². The van der Waals surface area contributed by atoms with Gasteiger partial charge in [-0.05, 0) is 30.6 Å². The Hall–Kier alpha value is -0.730. The van der Waals surface area contributed by atoms with Crippen LogP contribution in [0.3, 0.4) is 0 Å². The lowest BCUT2D eigenvalue weighted by molar-refractivity contribution is 0.129. The van der Waals surface area contributed by atoms with Gasteiger partial charge < -0.3 is 10.1 Å². The Balaban J connectivity index is 2.05. The Morgan fingerprint density at radius 3 is 2.62 bits per heavy atom. The van der Waals surface area contributed by atoms with Crippen molar-refractivity contribution < 1.29 is 9.53 Å². The number of methoxy groups -OCH3 is 1. The van der Waals surface area contributed by atoms with E-state index >= 15 is 0 Å². The van der Waals surface area contributed by atoms with Gasteiger partial charge in [-0.1, -0.05) is 13.8 Å². The average molecular weight is 185 g/mol. The molecule has 3 nitrogen and oxygen atoms in total. The molecule has 0 aromatic heterocycles. The molecule has 1 fully saturated rings. The number of amides is 1. The molecule has 1 N–H and O–H groups in total. The molecule has 0 radical (unpaired) electrons. The molecule has 0 atom stereocenters. The van der Waals surface area contributed by atoms with E-state index in [9.17, 15) is 4.79 Å². The Bertz CT molecular complexity index is 174. The largest absolute Gasteiger partial charge is 0.453 e. The van der Waals surface area contributed by atoms with Crippen LogP contribution in [0.4, 0.5) is 4.79 Å². The molecular weight excluding hydrogens is 166 g/mol. The van der Waals surface area contributed by atoms with Crippen LogP contribution in [0.2, 0.25) is 0 Å². The number of carbonyl (C=O) groups is 1. The lowest BCUT2D eigenvalue weighted by Crippen LogP contribution is -2.37. The zero-order chi connectivity index (χ0) is 9.84. The summed E-state index contributed by atoms with van der Waals surface area (Å²) >= 11 is 0. The number of rotatable bonds is 3. The zero-order valence-corrected chi connectivity index (χ0v) is 8.67. The van der Waals surface area contributed by atoms with Crippen LogP contribution in [-0.4, -0.2) is 19.7 Å². The molecule has 0 heterocycles. The minimum atomic E-state index is -0.312. The predicted molar refractivity (Wildman–Crippen MR) is 51.5 cm³/mol. The summed E-state index contributed by atoms with van der Waals surface area (Å²) in [5.41, 5.74) is 0. The van der Waals surface area contributed by atoms with Gasteiger partial charge in [0.15, 0.2) is 0 Å². The summed E-state index contributed by atoms with van der Waals surface area (Å²) in [6.45, 7) is 5.29. The summed E-state index contributed by atoms with van der Waals surface area (Å²) in [5, 5.41) is 2.73. The van der Waals surface area contributed by atoms with E-state index in [2.05, 4.69) is 23.9 Å². The minimum Gasteiger partial charge on any atom is -0.453 e. The van der Waals surface area contributed by atoms with Crippen LogP contribution >= 0.6 is 0 Å². The molecule has 1 aliphatic rings. The van der Waals surface area contributed by atoms with Crippen LogP contribution in [-0.2, 0) is 4.74 Å². The normalized spacial score (nSPS) is 26.8. The summed E-state index contributed by atoms with van der Waals surface area (Å²) in [4.78, 5) is 10.7. The number of ether oxygens (including phenoxy) is 1. The number of hydrogen-bond donors (Lipinski definition) is 1. The topological polar surface area (TPSA) is 38.3 Å². The molecule has 0 bridgehead atoms. The third-order valence-corrected chi connectivity index (χ3v) is 2.94. The molecule has 1 rings (SSSR count). The molecule has 0 unspecified atom stereocenters. The number of alkyl carbamates (subject to hydrolysis) is 1. The molecule has 1 saturated carbocycles. The number of carbonyl (C=O) groups excluding carboxylic acids is 1. The molecule has 13 heavy (non-hydrogen) atoms. The SMILES string of the molecule is COC(=O)NCC1CC(C(C)C)C1. The smallest absolute Gasteiger partial charge is 0.406 e. The Morgan fingerprint density at radius 2 is 2.15 bits per heavy atom. The lowest BCUT2D eigenvalue weighted by Gasteiger charge is -2.38. The molecule has 3 heteroatoms. The molecule has 1 amide bonds. The van der Waals surface area contributed by atoms with Gasteiger partial charge in [-0.3, -0.25) is 0 Å². The fraction of sp³-hybridized carbons (Fsp3) is 0.900. The second kappa shape index (κ2) is 4.49. The summed E-state index contributed by atoms with van der Waals surface area (Å²) in [6.07, 6.45) is 2.19. The Kier molecular flexibility index (Phi) is 3.58. The Morgan fingerprint density at radius 1 is 1.54 bits per heavy atom. The highest BCUT2D eigenvalue weighted by atomic mass is 16.5. The fourth-order valence-corrected chi connectivity index (χ4v) is 1.80. The van der Waals surface area contributed by atoms with E-state index in [1.807, 2.05) is 0 Å². The van der Waals surface area contributed by atoms with Crippen molar-refractivity contribution >= 4 is 6.09 Å². The van der Waals surface area contributed by atoms with Crippen LogP contribution in [0.1, 0.15) is 26.7 Å². The Labute approximate surface area is 79.8 Å². The van der Waals surface area contributed by atoms with Crippen LogP contribution in [0.5, 0.6) is 0 Å². The zero-order valence-electron chi connectivity index (χ0n) is 8.67. The maximum atomic E-state index is 10.7. The third kappa shape index (κ3) is 2.90. The van der Waals surface area contributed by atoms with E-state index in [0.29, 0.717) is 5.92 Å². The predicted octanol–water partition coefficient (Wildman–Crippen LogP) is 2.02. The lowest BCUT2D eigenvalue weighted by atomic mass is 9.69. The summed E-state index contributed by atoms with van der Waals surface area (Å²) < 4.78 is 4.49. The van der Waals surface area contributed by atoms with E-state index in [0.717, 1.165) is 18.4 Å². The van der Waals surface area contributed by atoms with Gasteiger partial charge in [-0.15, -0.1) is 0 Å². The molecular formula is C10H19NO2. The number of nitrogens with one attached hydrogen (secondary N) is 1. The molecule has 0 spiro atoms. The molecule has 0 aliphatic heterocycles. The van der Waals surface area contributed by atoms with E-state index in [1.54, 1.807) is 0 Å². The average Bonchev–Trinajstić information content (AvgIpc) is 2.00. The molecule has 1 aliphatic carbocycles. The van der Waals surface area contributed by atoms with E-state index in [4.69, 9.17) is 0 Å². The standard InChI is InChI=1S/C10H19NO2/c1-7(2)9-4-8(5-9)6-11-10(12)13-3/h7-9H,4-6H2,1-3H3,(H,11,12). The highest BCUT2D eigenvalue weighted by Gasteiger charge is 2.30. The van der Waals surface area contributed by atoms with Crippen molar-refractivity contribution in [2.75, 3.05) is 13.7 Å². The van der Waals surface area contributed by atoms with Crippen molar-refractivity contribution in [1.29, 1.82) is 0 Å². The van der Waals surface area contributed by atoms with Crippen molar-refractivity contribution in [3.8, 4) is 0 Å². The van der Waals surface area contributed by atoms with Gasteiger partial charge in [0.25, 0.3) is 0 Å². The van der Waals surface area contributed by atoms with E-state index < -0.39 is 0 Å². The second-order valence-corrected chi connectivity index (χ2v) is 4.21. The van der Waals surface area contributed by atoms with Crippen LogP contribution in [0.25, 0.3) is 0 Å². The third-order valence-electron chi connectivity index (χ3n) is 2.94. The first-order valence-electron chi connectivity index (χ1n) is 4.95. The molecule has 0 saturated heterocycles. The monoisotopic (exact) mass is 185 g/mol. The van der Waals surface area contributed by atoms with Crippen molar-refractivity contribution in [3.63, 3.8) is 0 Å². The van der Waals surface area contributed by atoms with Crippen molar-refractivity contribution in [2.24, 2.45) is 17.8 Å². The maximum absolute atomic E-state index is 10.7. The van der Waals surface area contributed by atoms with Gasteiger partial charge in [0.1, 0.15) is 0 Å². The molecule has 0 aromatic rings. The van der Waals surface area contributed by atoms with Crippen LogP contribution in [0.15, 0.2) is 0 Å². The van der Waals surface area contributed by atoms with Crippen molar-refractivity contribution in [3.05, 3.63) is 0 Å². The first-order chi connectivity index (χ1) is 6.13. The van der Waals surface area contributed by atoms with Gasteiger partial charge >= 0.3 is 6.09 Å². The van der Waals surface area contributed by atoms with Gasteiger partial charge in [0.2, 0.25) is 0 Å². The van der Waals surface area contributed by atoms with Crippen molar-refractivity contribution in [1.82, 2.24) is 5.32 Å². The first kappa shape index (κ1) is 10.4. The maximum Gasteiger partial charge on any atom is 0.406 e. The fourth-order valence-electron chi connectivity index (χ4n) is 1.80. The summed E-state index contributed by atoms with van der Waals surface area (Å²) in [5.74, 6) is 2.32.